The first-order chi connectivity index (χ1) is 14.5. The fraction of sp³-hybridized carbons (Fsp3) is 0.760. The molecule has 2 aliphatic rings. The Morgan fingerprint density at radius 2 is 2.00 bits per heavy atom. The molecule has 5 nitrogen and oxygen atoms in total. The maximum absolute atomic E-state index is 11.2. The first-order valence-corrected chi connectivity index (χ1v) is 13.2. The van der Waals surface area contributed by atoms with Gasteiger partial charge in [-0.15, -0.1) is 0 Å². The van der Waals surface area contributed by atoms with E-state index in [-0.39, 0.29) is 17.9 Å². The third-order valence-corrected chi connectivity index (χ3v) is 8.63. The number of rotatable bonds is 10. The Morgan fingerprint density at radius 3 is 2.68 bits per heavy atom. The van der Waals surface area contributed by atoms with E-state index < -0.39 is 10.4 Å². The van der Waals surface area contributed by atoms with Crippen LogP contribution in [0.4, 0.5) is 0 Å². The van der Waals surface area contributed by atoms with Crippen LogP contribution in [0.3, 0.4) is 0 Å². The number of aryl methyl sites for hydroxylation is 1. The highest BCUT2D eigenvalue weighted by Gasteiger charge is 2.44. The molecule has 1 heterocycles. The van der Waals surface area contributed by atoms with Gasteiger partial charge < -0.3 is 4.42 Å². The minimum absolute atomic E-state index is 0.0477. The topological polar surface area (TPSA) is 76.7 Å². The van der Waals surface area contributed by atoms with Crippen molar-refractivity contribution in [1.82, 2.24) is 0 Å². The molecular weight excluding hydrogens is 412 g/mol. The van der Waals surface area contributed by atoms with Crippen LogP contribution in [0, 0.1) is 22.7 Å². The van der Waals surface area contributed by atoms with Gasteiger partial charge in [-0.25, -0.2) is 4.18 Å². The molecule has 0 fully saturated rings. The van der Waals surface area contributed by atoms with E-state index in [9.17, 15) is 8.42 Å². The van der Waals surface area contributed by atoms with Gasteiger partial charge in [0.2, 0.25) is 0 Å². The second-order valence-electron chi connectivity index (χ2n) is 10.7. The van der Waals surface area contributed by atoms with Gasteiger partial charge in [0.15, 0.2) is 0 Å². The molecule has 0 saturated carbocycles. The zero-order valence-corrected chi connectivity index (χ0v) is 20.5. The molecule has 176 valence electrons. The zero-order chi connectivity index (χ0) is 22.7. The smallest absolute Gasteiger partial charge is 0.397 e. The fourth-order valence-corrected chi connectivity index (χ4v) is 6.30. The summed E-state index contributed by atoms with van der Waals surface area (Å²) in [6.07, 6.45) is 14.3. The van der Waals surface area contributed by atoms with Crippen LogP contribution < -0.4 is 0 Å². The first-order valence-electron chi connectivity index (χ1n) is 11.9. The van der Waals surface area contributed by atoms with E-state index in [4.69, 9.17) is 13.2 Å². The fourth-order valence-electron chi connectivity index (χ4n) is 5.94. The molecule has 1 unspecified atom stereocenters. The molecule has 0 aliphatic heterocycles. The van der Waals surface area contributed by atoms with Gasteiger partial charge in [0.1, 0.15) is 0 Å². The molecular formula is C25H40O5S. The predicted octanol–water partition coefficient (Wildman–Crippen LogP) is 6.76. The van der Waals surface area contributed by atoms with Crippen LogP contribution >= 0.6 is 0 Å². The van der Waals surface area contributed by atoms with E-state index in [1.165, 1.54) is 32.1 Å². The SMILES string of the molecule is C[C@@H]1CCC2=C(CCCC2(C)C)[C@@]1(C)CCC(CCCc1ccoc1)COS(=O)(=O)O. The summed E-state index contributed by atoms with van der Waals surface area (Å²) in [4.78, 5) is 0. The third-order valence-electron chi connectivity index (χ3n) is 8.20. The van der Waals surface area contributed by atoms with Crippen molar-refractivity contribution >= 4 is 10.4 Å². The monoisotopic (exact) mass is 452 g/mol. The molecule has 1 aromatic heterocycles. The van der Waals surface area contributed by atoms with E-state index in [0.717, 1.165) is 37.7 Å². The second-order valence-corrected chi connectivity index (χ2v) is 11.8. The molecule has 3 rings (SSSR count). The maximum atomic E-state index is 11.2. The van der Waals surface area contributed by atoms with Gasteiger partial charge in [-0.3, -0.25) is 4.55 Å². The van der Waals surface area contributed by atoms with Crippen molar-refractivity contribution in [2.24, 2.45) is 22.7 Å². The second kappa shape index (κ2) is 9.80. The van der Waals surface area contributed by atoms with E-state index in [1.54, 1.807) is 23.7 Å². The molecule has 3 atom stereocenters. The molecule has 2 aliphatic carbocycles. The lowest BCUT2D eigenvalue weighted by Gasteiger charge is -2.50. The normalized spacial score (nSPS) is 27.2. The van der Waals surface area contributed by atoms with Crippen LogP contribution in [0.25, 0.3) is 0 Å². The molecule has 1 N–H and O–H groups in total. The Kier molecular flexibility index (Phi) is 7.75. The summed E-state index contributed by atoms with van der Waals surface area (Å²) < 4.78 is 41.4. The summed E-state index contributed by atoms with van der Waals surface area (Å²) in [5.74, 6) is 0.717. The van der Waals surface area contributed by atoms with Crippen molar-refractivity contribution < 1.29 is 21.6 Å². The standard InChI is InChI=1S/C25H40O5S/c1-19-10-11-22-23(9-6-14-24(22,2)3)25(19,4)15-12-20(18-30-31(26,27)28)7-5-8-21-13-16-29-17-21/h13,16-17,19-20H,5-12,14-15,18H2,1-4H3,(H,26,27,28)/t19-,20?,25+/m1/s1. The van der Waals surface area contributed by atoms with Crippen LogP contribution in [0.2, 0.25) is 0 Å². The van der Waals surface area contributed by atoms with Crippen LogP contribution in [-0.4, -0.2) is 19.6 Å². The van der Waals surface area contributed by atoms with Crippen LogP contribution in [0.5, 0.6) is 0 Å². The number of allylic oxidation sites excluding steroid dienone is 2. The molecule has 0 saturated heterocycles. The number of hydrogen-bond donors (Lipinski definition) is 1. The Balaban J connectivity index is 1.70. The lowest BCUT2D eigenvalue weighted by Crippen LogP contribution is -2.38. The molecule has 1 aromatic rings. The van der Waals surface area contributed by atoms with Crippen molar-refractivity contribution in [2.75, 3.05) is 6.61 Å². The molecule has 6 heteroatoms. The molecule has 0 spiro atoms. The van der Waals surface area contributed by atoms with Crippen LogP contribution in [-0.2, 0) is 21.0 Å². The Labute approximate surface area is 188 Å². The lowest BCUT2D eigenvalue weighted by molar-refractivity contribution is 0.141. The molecule has 0 aromatic carbocycles. The highest BCUT2D eigenvalue weighted by molar-refractivity contribution is 7.80. The van der Waals surface area contributed by atoms with Gasteiger partial charge in [-0.2, -0.15) is 8.42 Å². The van der Waals surface area contributed by atoms with Crippen LogP contribution in [0.15, 0.2) is 34.2 Å². The zero-order valence-electron chi connectivity index (χ0n) is 19.7. The van der Waals surface area contributed by atoms with E-state index >= 15 is 0 Å². The lowest BCUT2D eigenvalue weighted by atomic mass is 9.55. The summed E-state index contributed by atoms with van der Waals surface area (Å²) in [7, 11) is -4.42. The first kappa shape index (κ1) is 24.5. The maximum Gasteiger partial charge on any atom is 0.397 e. The Hall–Kier alpha value is -1.11. The Morgan fingerprint density at radius 1 is 1.23 bits per heavy atom. The van der Waals surface area contributed by atoms with E-state index in [1.807, 2.05) is 6.07 Å². The quantitative estimate of drug-likeness (QED) is 0.313. The van der Waals surface area contributed by atoms with Gasteiger partial charge >= 0.3 is 10.4 Å². The van der Waals surface area contributed by atoms with E-state index in [2.05, 4.69) is 27.7 Å². The highest BCUT2D eigenvalue weighted by atomic mass is 32.3. The number of furan rings is 1. The Bertz CT molecular complexity index is 852. The average molecular weight is 453 g/mol. The van der Waals surface area contributed by atoms with Crippen molar-refractivity contribution in [3.8, 4) is 0 Å². The van der Waals surface area contributed by atoms with Crippen LogP contribution in [0.1, 0.15) is 91.0 Å². The summed E-state index contributed by atoms with van der Waals surface area (Å²) >= 11 is 0. The minimum atomic E-state index is -4.42. The molecule has 0 amide bonds. The van der Waals surface area contributed by atoms with Gasteiger partial charge in [0, 0.05) is 0 Å². The molecule has 0 bridgehead atoms. The summed E-state index contributed by atoms with van der Waals surface area (Å²) in [6, 6.07) is 1.97. The largest absolute Gasteiger partial charge is 0.472 e. The summed E-state index contributed by atoms with van der Waals surface area (Å²) in [6.45, 7) is 9.66. The van der Waals surface area contributed by atoms with Crippen molar-refractivity contribution in [2.45, 2.75) is 91.9 Å². The minimum Gasteiger partial charge on any atom is -0.472 e. The molecule has 0 radical (unpaired) electrons. The third kappa shape index (κ3) is 6.23. The highest BCUT2D eigenvalue weighted by Crippen LogP contribution is 2.56. The van der Waals surface area contributed by atoms with Gasteiger partial charge in [0.25, 0.3) is 0 Å². The summed E-state index contributed by atoms with van der Waals surface area (Å²) in [5.41, 5.74) is 4.97. The van der Waals surface area contributed by atoms with E-state index in [0.29, 0.717) is 11.3 Å². The molecule has 31 heavy (non-hydrogen) atoms. The van der Waals surface area contributed by atoms with Gasteiger partial charge in [-0.1, -0.05) is 38.8 Å². The number of hydrogen-bond acceptors (Lipinski definition) is 4. The van der Waals surface area contributed by atoms with Gasteiger partial charge in [-0.05, 0) is 98.5 Å². The van der Waals surface area contributed by atoms with Crippen molar-refractivity contribution in [3.05, 3.63) is 35.3 Å². The van der Waals surface area contributed by atoms with Crippen molar-refractivity contribution in [3.63, 3.8) is 0 Å². The average Bonchev–Trinajstić information content (AvgIpc) is 3.19. The van der Waals surface area contributed by atoms with Gasteiger partial charge in [0.05, 0.1) is 19.1 Å². The van der Waals surface area contributed by atoms with Crippen molar-refractivity contribution in [1.29, 1.82) is 0 Å². The predicted molar refractivity (Wildman–Crippen MR) is 123 cm³/mol. The summed E-state index contributed by atoms with van der Waals surface area (Å²) in [5, 5.41) is 0.